The highest BCUT2D eigenvalue weighted by molar-refractivity contribution is 5.96. The molecule has 1 aromatic carbocycles. The number of nitrogens with zero attached hydrogens (tertiary/aromatic N) is 1. The highest BCUT2D eigenvalue weighted by atomic mass is 16.6. The van der Waals surface area contributed by atoms with Gasteiger partial charge in [-0.15, -0.1) is 0 Å². The molecule has 4 unspecified atom stereocenters. The summed E-state index contributed by atoms with van der Waals surface area (Å²) in [6.07, 6.45) is 2.61. The zero-order chi connectivity index (χ0) is 29.2. The van der Waals surface area contributed by atoms with Crippen molar-refractivity contribution in [3.05, 3.63) is 41.5 Å². The van der Waals surface area contributed by atoms with Crippen molar-refractivity contribution in [3.63, 3.8) is 0 Å². The summed E-state index contributed by atoms with van der Waals surface area (Å²) in [4.78, 5) is 54.3. The Hall–Kier alpha value is -3.32. The molecule has 3 aliphatic heterocycles. The van der Waals surface area contributed by atoms with Crippen molar-refractivity contribution in [2.45, 2.75) is 50.4 Å². The molecule has 3 amide bonds. The Morgan fingerprint density at radius 1 is 0.951 bits per heavy atom. The van der Waals surface area contributed by atoms with E-state index in [4.69, 9.17) is 18.9 Å². The minimum atomic E-state index is -0.992. The molecule has 12 heteroatoms. The highest BCUT2D eigenvalue weighted by Gasteiger charge is 2.38. The van der Waals surface area contributed by atoms with Gasteiger partial charge in [-0.25, -0.2) is 0 Å². The van der Waals surface area contributed by atoms with E-state index in [0.717, 1.165) is 11.1 Å². The van der Waals surface area contributed by atoms with Gasteiger partial charge in [0.15, 0.2) is 5.78 Å². The smallest absolute Gasteiger partial charge is 0.243 e. The van der Waals surface area contributed by atoms with Crippen LogP contribution in [0.1, 0.15) is 25.3 Å². The molecule has 3 heterocycles. The first kappa shape index (κ1) is 30.6. The minimum Gasteiger partial charge on any atom is -0.497 e. The topological polar surface area (TPSA) is 148 Å². The lowest BCUT2D eigenvalue weighted by molar-refractivity contribution is -0.133. The summed E-state index contributed by atoms with van der Waals surface area (Å²) in [7, 11) is 1.56. The van der Waals surface area contributed by atoms with Crippen LogP contribution in [-0.4, -0.2) is 112 Å². The van der Waals surface area contributed by atoms with Crippen molar-refractivity contribution >= 4 is 23.5 Å². The third-order valence-electron chi connectivity index (χ3n) is 7.31. The number of carbonyl (C=O) groups is 4. The summed E-state index contributed by atoms with van der Waals surface area (Å²) in [5, 5.41) is 8.37. The summed E-state index contributed by atoms with van der Waals surface area (Å²) < 4.78 is 21.1. The van der Waals surface area contributed by atoms with Crippen molar-refractivity contribution in [2.75, 3.05) is 59.8 Å². The number of Topliss-reactive ketones (excluding diaryl/α,β-unsaturated/α-hetero) is 1. The van der Waals surface area contributed by atoms with Crippen LogP contribution in [0, 0.1) is 0 Å². The number of epoxide rings is 1. The molecule has 2 saturated heterocycles. The molecule has 2 fully saturated rings. The first-order valence-electron chi connectivity index (χ1n) is 14.1. The van der Waals surface area contributed by atoms with Crippen LogP contribution < -0.4 is 20.7 Å². The van der Waals surface area contributed by atoms with Gasteiger partial charge in [-0.3, -0.25) is 24.1 Å². The maximum Gasteiger partial charge on any atom is 0.243 e. The van der Waals surface area contributed by atoms with E-state index in [1.165, 1.54) is 0 Å². The molecule has 12 nitrogen and oxygen atoms in total. The Bertz CT molecular complexity index is 1100. The van der Waals surface area contributed by atoms with Gasteiger partial charge in [0.1, 0.15) is 23.9 Å². The fraction of sp³-hybridized carbons (Fsp3) is 0.586. The van der Waals surface area contributed by atoms with Gasteiger partial charge in [-0.1, -0.05) is 23.8 Å². The number of hydrogen-bond acceptors (Lipinski definition) is 9. The van der Waals surface area contributed by atoms with Crippen LogP contribution in [0.25, 0.3) is 0 Å². The molecule has 4 rings (SSSR count). The molecule has 4 atom stereocenters. The Kier molecular flexibility index (Phi) is 11.3. The van der Waals surface area contributed by atoms with E-state index in [9.17, 15) is 19.2 Å². The number of ether oxygens (including phenoxy) is 4. The number of methoxy groups -OCH3 is 1. The lowest BCUT2D eigenvalue weighted by atomic mass is 9.96. The molecule has 0 saturated carbocycles. The van der Waals surface area contributed by atoms with E-state index in [-0.39, 0.29) is 24.7 Å². The van der Waals surface area contributed by atoms with Gasteiger partial charge >= 0.3 is 0 Å². The fourth-order valence-corrected chi connectivity index (χ4v) is 4.76. The lowest BCUT2D eigenvalue weighted by Crippen LogP contribution is -2.56. The van der Waals surface area contributed by atoms with Crippen LogP contribution in [0.2, 0.25) is 0 Å². The number of benzene rings is 1. The van der Waals surface area contributed by atoms with E-state index < -0.39 is 36.0 Å². The maximum atomic E-state index is 13.6. The number of carbonyl (C=O) groups excluding carboxylic acids is 4. The lowest BCUT2D eigenvalue weighted by Gasteiger charge is -2.27. The molecule has 41 heavy (non-hydrogen) atoms. The largest absolute Gasteiger partial charge is 0.497 e. The van der Waals surface area contributed by atoms with Crippen molar-refractivity contribution in [3.8, 4) is 5.75 Å². The van der Waals surface area contributed by atoms with Crippen LogP contribution in [0.4, 0.5) is 0 Å². The normalized spacial score (nSPS) is 21.0. The van der Waals surface area contributed by atoms with Crippen molar-refractivity contribution in [1.82, 2.24) is 20.9 Å². The van der Waals surface area contributed by atoms with Crippen LogP contribution in [0.5, 0.6) is 5.75 Å². The molecule has 224 valence electrons. The van der Waals surface area contributed by atoms with Gasteiger partial charge in [0, 0.05) is 19.5 Å². The van der Waals surface area contributed by atoms with E-state index in [2.05, 4.69) is 16.0 Å². The van der Waals surface area contributed by atoms with Gasteiger partial charge in [0.05, 0.1) is 52.7 Å². The Balaban J connectivity index is 1.43. The zero-order valence-corrected chi connectivity index (χ0v) is 23.7. The van der Waals surface area contributed by atoms with Gasteiger partial charge in [0.2, 0.25) is 17.7 Å². The quantitative estimate of drug-likeness (QED) is 0.203. The molecule has 0 aromatic heterocycles. The molecular formula is C29H40N4O8. The highest BCUT2D eigenvalue weighted by Crippen LogP contribution is 2.20. The van der Waals surface area contributed by atoms with E-state index >= 15 is 0 Å². The van der Waals surface area contributed by atoms with Crippen molar-refractivity contribution in [1.29, 1.82) is 0 Å². The molecule has 3 aliphatic rings. The number of ketones is 1. The number of amides is 3. The number of rotatable bonds is 14. The van der Waals surface area contributed by atoms with Gasteiger partial charge in [-0.05, 0) is 37.5 Å². The second kappa shape index (κ2) is 15.1. The van der Waals surface area contributed by atoms with E-state index in [0.29, 0.717) is 64.7 Å². The number of nitrogens with one attached hydrogen (secondary N) is 3. The van der Waals surface area contributed by atoms with Crippen molar-refractivity contribution < 1.29 is 38.1 Å². The Labute approximate surface area is 240 Å². The SMILES string of the molecule is COc1ccc(CC(NC(=O)C(C)NC(=O)CN2CCOCC2)C(=O)NC(CC2=CCOCC2)C(=O)C2CO2)cc1. The maximum absolute atomic E-state index is 13.6. The second-order valence-corrected chi connectivity index (χ2v) is 10.5. The molecule has 0 radical (unpaired) electrons. The average Bonchev–Trinajstić information content (AvgIpc) is 3.83. The number of hydrogen-bond donors (Lipinski definition) is 3. The predicted molar refractivity (Wildman–Crippen MR) is 148 cm³/mol. The van der Waals surface area contributed by atoms with E-state index in [1.54, 1.807) is 26.2 Å². The first-order valence-corrected chi connectivity index (χ1v) is 14.1. The van der Waals surface area contributed by atoms with Gasteiger partial charge in [0.25, 0.3) is 0 Å². The summed E-state index contributed by atoms with van der Waals surface area (Å²) in [5.41, 5.74) is 1.82. The predicted octanol–water partition coefficient (Wildman–Crippen LogP) is -0.251. The minimum absolute atomic E-state index is 0.157. The Morgan fingerprint density at radius 3 is 2.29 bits per heavy atom. The third-order valence-corrected chi connectivity index (χ3v) is 7.31. The zero-order valence-electron chi connectivity index (χ0n) is 23.7. The Morgan fingerprint density at radius 2 is 1.66 bits per heavy atom. The summed E-state index contributed by atoms with van der Waals surface area (Å²) in [6.45, 7) is 5.51. The molecule has 0 spiro atoms. The third kappa shape index (κ3) is 9.63. The van der Waals surface area contributed by atoms with Crippen LogP contribution in [0.3, 0.4) is 0 Å². The summed E-state index contributed by atoms with van der Waals surface area (Å²) >= 11 is 0. The molecular weight excluding hydrogens is 532 g/mol. The standard InChI is InChI=1S/C29H40N4O8/c1-19(30-26(34)17-33-9-13-40-14-10-33)28(36)32-24(16-20-3-5-22(38-2)6-4-20)29(37)31-23(27(35)25-18-41-25)15-21-7-11-39-12-8-21/h3-7,19,23-25H,8-18H2,1-2H3,(H,30,34)(H,31,37)(H,32,36). The first-order chi connectivity index (χ1) is 19.8. The van der Waals surface area contributed by atoms with Crippen molar-refractivity contribution in [2.24, 2.45) is 0 Å². The monoisotopic (exact) mass is 572 g/mol. The summed E-state index contributed by atoms with van der Waals surface area (Å²) in [6, 6.07) is 4.51. The van der Waals surface area contributed by atoms with Gasteiger partial charge in [-0.2, -0.15) is 0 Å². The molecule has 0 bridgehead atoms. The van der Waals surface area contributed by atoms with Crippen LogP contribution in [-0.2, 0) is 39.8 Å². The van der Waals surface area contributed by atoms with E-state index in [1.807, 2.05) is 23.1 Å². The fourth-order valence-electron chi connectivity index (χ4n) is 4.76. The molecule has 3 N–H and O–H groups in total. The molecule has 0 aliphatic carbocycles. The number of morpholine rings is 1. The van der Waals surface area contributed by atoms with Crippen LogP contribution in [0.15, 0.2) is 35.9 Å². The van der Waals surface area contributed by atoms with Crippen LogP contribution >= 0.6 is 0 Å². The average molecular weight is 573 g/mol. The summed E-state index contributed by atoms with van der Waals surface area (Å²) in [5.74, 6) is -0.813. The second-order valence-electron chi connectivity index (χ2n) is 10.5. The molecule has 1 aromatic rings. The van der Waals surface area contributed by atoms with Gasteiger partial charge < -0.3 is 34.9 Å².